The van der Waals surface area contributed by atoms with Gasteiger partial charge in [0.15, 0.2) is 0 Å². The van der Waals surface area contributed by atoms with E-state index in [4.69, 9.17) is 14.6 Å². The van der Waals surface area contributed by atoms with Gasteiger partial charge >= 0.3 is 12.1 Å². The molecule has 1 amide bonds. The van der Waals surface area contributed by atoms with Crippen LogP contribution in [-0.2, 0) is 16.0 Å². The number of aryl methyl sites for hydroxylation is 1. The number of rotatable bonds is 6. The van der Waals surface area contributed by atoms with Crippen molar-refractivity contribution in [3.63, 3.8) is 0 Å². The van der Waals surface area contributed by atoms with Gasteiger partial charge < -0.3 is 19.6 Å². The van der Waals surface area contributed by atoms with E-state index >= 15 is 0 Å². The molecule has 0 aromatic heterocycles. The zero-order chi connectivity index (χ0) is 24.2. The number of amides is 1. The number of ether oxygens (including phenoxy) is 1. The van der Waals surface area contributed by atoms with Gasteiger partial charge in [-0.25, -0.2) is 4.79 Å². The number of methoxy groups -OCH3 is 1. The van der Waals surface area contributed by atoms with E-state index in [1.807, 2.05) is 19.2 Å². The van der Waals surface area contributed by atoms with Crippen molar-refractivity contribution < 1.29 is 32.6 Å². The zero-order valence-electron chi connectivity index (χ0n) is 19.2. The fourth-order valence-electron chi connectivity index (χ4n) is 4.98. The van der Waals surface area contributed by atoms with E-state index < -0.39 is 12.1 Å². The van der Waals surface area contributed by atoms with Crippen LogP contribution >= 0.6 is 0 Å². The maximum atomic E-state index is 13.0. The van der Waals surface area contributed by atoms with Crippen molar-refractivity contribution >= 4 is 11.9 Å². The first-order chi connectivity index (χ1) is 15.6. The number of carboxylic acid groups (broad SMARTS) is 1. The van der Waals surface area contributed by atoms with E-state index in [1.54, 1.807) is 0 Å². The van der Waals surface area contributed by atoms with Gasteiger partial charge in [-0.15, -0.1) is 0 Å². The molecule has 1 N–H and O–H groups in total. The summed E-state index contributed by atoms with van der Waals surface area (Å²) in [5.41, 5.74) is 2.34. The molecule has 9 heteroatoms. The number of benzene rings is 1. The van der Waals surface area contributed by atoms with Gasteiger partial charge in [-0.2, -0.15) is 13.2 Å². The molecule has 2 saturated heterocycles. The standard InChI is InChI=1S/C22H32N2O2.C2HF3O2/c1-3-17-6-8-19(9-7-17)21(25)24-11-10-22(16-24)15-23(12-18-4-5-18)13-20(22)14-26-2;3-2(4,5)1(6)7/h6-9,18,20H,3-5,10-16H2,1-2H3;(H,6,7)/t20-,22-;/m1./s1. The topological polar surface area (TPSA) is 70.1 Å². The van der Waals surface area contributed by atoms with Gasteiger partial charge in [0.2, 0.25) is 0 Å². The van der Waals surface area contributed by atoms with Gasteiger partial charge in [0, 0.05) is 56.7 Å². The second-order valence-corrected chi connectivity index (χ2v) is 9.48. The van der Waals surface area contributed by atoms with E-state index in [-0.39, 0.29) is 11.3 Å². The van der Waals surface area contributed by atoms with E-state index in [1.165, 1.54) is 24.9 Å². The average molecular weight is 471 g/mol. The smallest absolute Gasteiger partial charge is 0.475 e. The lowest BCUT2D eigenvalue weighted by Gasteiger charge is -2.30. The molecule has 1 spiro atoms. The SMILES string of the molecule is CCc1ccc(C(=O)N2CC[C@@]3(CN(CC4CC4)C[C@@H]3COC)C2)cc1.O=C(O)C(F)(F)F. The molecule has 1 aromatic carbocycles. The highest BCUT2D eigenvalue weighted by Crippen LogP contribution is 2.45. The van der Waals surface area contributed by atoms with Crippen LogP contribution in [-0.4, -0.2) is 79.4 Å². The van der Waals surface area contributed by atoms with Gasteiger partial charge in [0.25, 0.3) is 5.91 Å². The summed E-state index contributed by atoms with van der Waals surface area (Å²) in [6.45, 7) is 8.24. The van der Waals surface area contributed by atoms with Crippen molar-refractivity contribution in [2.75, 3.05) is 46.4 Å². The molecule has 3 fully saturated rings. The molecule has 33 heavy (non-hydrogen) atoms. The molecule has 3 aliphatic rings. The molecular formula is C24H33F3N2O4. The van der Waals surface area contributed by atoms with Crippen LogP contribution in [0.1, 0.15) is 42.1 Å². The highest BCUT2D eigenvalue weighted by atomic mass is 19.4. The van der Waals surface area contributed by atoms with Crippen LogP contribution < -0.4 is 0 Å². The zero-order valence-corrected chi connectivity index (χ0v) is 19.2. The van der Waals surface area contributed by atoms with Crippen molar-refractivity contribution in [3.8, 4) is 0 Å². The Kier molecular flexibility index (Phi) is 8.05. The second kappa shape index (κ2) is 10.4. The number of likely N-dealkylation sites (tertiary alicyclic amines) is 2. The Hall–Kier alpha value is -2.13. The summed E-state index contributed by atoms with van der Waals surface area (Å²) in [6, 6.07) is 8.15. The minimum Gasteiger partial charge on any atom is -0.475 e. The Morgan fingerprint density at radius 1 is 1.18 bits per heavy atom. The molecule has 0 bridgehead atoms. The Morgan fingerprint density at radius 2 is 1.82 bits per heavy atom. The fourth-order valence-corrected chi connectivity index (χ4v) is 4.98. The van der Waals surface area contributed by atoms with Gasteiger partial charge in [-0.1, -0.05) is 19.1 Å². The van der Waals surface area contributed by atoms with Crippen LogP contribution in [0.4, 0.5) is 13.2 Å². The van der Waals surface area contributed by atoms with Crippen molar-refractivity contribution in [3.05, 3.63) is 35.4 Å². The summed E-state index contributed by atoms with van der Waals surface area (Å²) in [5.74, 6) is -1.09. The molecule has 0 unspecified atom stereocenters. The number of nitrogens with zero attached hydrogens (tertiary/aromatic N) is 2. The number of halogens is 3. The van der Waals surface area contributed by atoms with Crippen LogP contribution in [0.2, 0.25) is 0 Å². The molecule has 1 aromatic rings. The van der Waals surface area contributed by atoms with E-state index in [9.17, 15) is 18.0 Å². The number of carbonyl (C=O) groups excluding carboxylic acids is 1. The van der Waals surface area contributed by atoms with Crippen LogP contribution in [0.15, 0.2) is 24.3 Å². The third-order valence-corrected chi connectivity index (χ3v) is 6.99. The van der Waals surface area contributed by atoms with Crippen molar-refractivity contribution in [1.29, 1.82) is 0 Å². The summed E-state index contributed by atoms with van der Waals surface area (Å²) in [4.78, 5) is 26.6. The lowest BCUT2D eigenvalue weighted by Crippen LogP contribution is -2.38. The lowest BCUT2D eigenvalue weighted by molar-refractivity contribution is -0.192. The lowest BCUT2D eigenvalue weighted by atomic mass is 9.77. The molecule has 2 aliphatic heterocycles. The number of hydrogen-bond donors (Lipinski definition) is 1. The largest absolute Gasteiger partial charge is 0.490 e. The summed E-state index contributed by atoms with van der Waals surface area (Å²) in [5, 5.41) is 7.12. The van der Waals surface area contributed by atoms with Gasteiger partial charge in [0.1, 0.15) is 0 Å². The van der Waals surface area contributed by atoms with Crippen LogP contribution in [0.25, 0.3) is 0 Å². The number of carboxylic acids is 1. The maximum Gasteiger partial charge on any atom is 0.490 e. The summed E-state index contributed by atoms with van der Waals surface area (Å²) >= 11 is 0. The molecule has 1 aliphatic carbocycles. The molecule has 2 atom stereocenters. The quantitative estimate of drug-likeness (QED) is 0.687. The van der Waals surface area contributed by atoms with Gasteiger partial charge in [-0.3, -0.25) is 4.79 Å². The highest BCUT2D eigenvalue weighted by molar-refractivity contribution is 5.94. The van der Waals surface area contributed by atoms with Crippen molar-refractivity contribution in [2.45, 2.75) is 38.8 Å². The van der Waals surface area contributed by atoms with E-state index in [2.05, 4.69) is 28.9 Å². The first kappa shape index (κ1) is 25.5. The van der Waals surface area contributed by atoms with Crippen molar-refractivity contribution in [1.82, 2.24) is 9.80 Å². The molecule has 4 rings (SSSR count). The Bertz CT molecular complexity index is 826. The first-order valence-electron chi connectivity index (χ1n) is 11.5. The Morgan fingerprint density at radius 3 is 2.33 bits per heavy atom. The van der Waals surface area contributed by atoms with E-state index in [0.717, 1.165) is 57.1 Å². The molecule has 1 saturated carbocycles. The van der Waals surface area contributed by atoms with Gasteiger partial charge in [-0.05, 0) is 49.3 Å². The third kappa shape index (κ3) is 6.47. The first-order valence-corrected chi connectivity index (χ1v) is 11.5. The summed E-state index contributed by atoms with van der Waals surface area (Å²) < 4.78 is 37.3. The Labute approximate surface area is 192 Å². The average Bonchev–Trinajstić information content (AvgIpc) is 3.39. The minimum atomic E-state index is -5.08. The minimum absolute atomic E-state index is 0.196. The Balaban J connectivity index is 0.000000383. The fraction of sp³-hybridized carbons (Fsp3) is 0.667. The van der Waals surface area contributed by atoms with Crippen LogP contribution in [0, 0.1) is 17.3 Å². The maximum absolute atomic E-state index is 13.0. The second-order valence-electron chi connectivity index (χ2n) is 9.48. The number of carbonyl (C=O) groups is 2. The van der Waals surface area contributed by atoms with Crippen molar-refractivity contribution in [2.24, 2.45) is 17.3 Å². The van der Waals surface area contributed by atoms with Gasteiger partial charge in [0.05, 0.1) is 6.61 Å². The molecule has 184 valence electrons. The number of hydrogen-bond acceptors (Lipinski definition) is 4. The molecule has 6 nitrogen and oxygen atoms in total. The summed E-state index contributed by atoms with van der Waals surface area (Å²) in [6.07, 6.45) is -0.161. The molecular weight excluding hydrogens is 437 g/mol. The monoisotopic (exact) mass is 470 g/mol. The predicted molar refractivity (Wildman–Crippen MR) is 117 cm³/mol. The summed E-state index contributed by atoms with van der Waals surface area (Å²) in [7, 11) is 1.81. The number of alkyl halides is 3. The molecule has 0 radical (unpaired) electrons. The third-order valence-electron chi connectivity index (χ3n) is 6.99. The van der Waals surface area contributed by atoms with Crippen LogP contribution in [0.3, 0.4) is 0 Å². The highest BCUT2D eigenvalue weighted by Gasteiger charge is 2.51. The van der Waals surface area contributed by atoms with Crippen LogP contribution in [0.5, 0.6) is 0 Å². The molecule has 2 heterocycles. The normalized spacial score (nSPS) is 25.2. The number of aliphatic carboxylic acids is 1. The van der Waals surface area contributed by atoms with E-state index in [0.29, 0.717) is 5.92 Å². The predicted octanol–water partition coefficient (Wildman–Crippen LogP) is 3.70.